The minimum Gasteiger partial charge on any atom is -0.480 e. The molecule has 2 rings (SSSR count). The third kappa shape index (κ3) is 3.07. The molecule has 2 heterocycles. The highest BCUT2D eigenvalue weighted by molar-refractivity contribution is 7.12. The summed E-state index contributed by atoms with van der Waals surface area (Å²) >= 11 is 1.64. The van der Waals surface area contributed by atoms with Gasteiger partial charge in [0.25, 0.3) is 0 Å². The van der Waals surface area contributed by atoms with Gasteiger partial charge in [-0.2, -0.15) is 0 Å². The van der Waals surface area contributed by atoms with E-state index in [4.69, 9.17) is 5.11 Å². The van der Waals surface area contributed by atoms with Crippen LogP contribution in [-0.2, 0) is 4.79 Å². The number of nitrogens with one attached hydrogen (secondary N) is 1. The molecular weight excluding hydrogens is 264 g/mol. The maximum atomic E-state index is 12.1. The third-order valence-corrected chi connectivity index (χ3v) is 4.51. The van der Waals surface area contributed by atoms with Crippen LogP contribution >= 0.6 is 11.3 Å². The van der Waals surface area contributed by atoms with Crippen molar-refractivity contribution in [3.8, 4) is 0 Å². The van der Waals surface area contributed by atoms with Crippen LogP contribution < -0.4 is 5.32 Å². The van der Waals surface area contributed by atoms with Crippen LogP contribution in [0.1, 0.15) is 35.6 Å². The molecule has 0 saturated carbocycles. The Morgan fingerprint density at radius 1 is 1.53 bits per heavy atom. The second kappa shape index (κ2) is 5.61. The van der Waals surface area contributed by atoms with E-state index in [9.17, 15) is 9.59 Å². The summed E-state index contributed by atoms with van der Waals surface area (Å²) in [6.07, 6.45) is 1.28. The number of carbonyl (C=O) groups is 2. The molecule has 0 aliphatic carbocycles. The molecular formula is C13H18N2O3S. The largest absolute Gasteiger partial charge is 0.480 e. The second-order valence-corrected chi connectivity index (χ2v) is 6.13. The van der Waals surface area contributed by atoms with Gasteiger partial charge in [-0.25, -0.2) is 9.59 Å². The topological polar surface area (TPSA) is 69.6 Å². The van der Waals surface area contributed by atoms with Crippen molar-refractivity contribution in [2.24, 2.45) is 0 Å². The zero-order valence-electron chi connectivity index (χ0n) is 11.0. The smallest absolute Gasteiger partial charge is 0.326 e. The standard InChI is InChI=1S/C13H18N2O3S/c1-8-5-6-11(19-8)9(2)14-13(18)15-7-3-4-10(15)12(16)17/h5-6,9-10H,3-4,7H2,1-2H3,(H,14,18)(H,16,17). The van der Waals surface area contributed by atoms with Crippen LogP contribution in [0.25, 0.3) is 0 Å². The van der Waals surface area contributed by atoms with E-state index in [1.807, 2.05) is 26.0 Å². The normalized spacial score (nSPS) is 20.3. The minimum absolute atomic E-state index is 0.0961. The molecule has 0 bridgehead atoms. The predicted molar refractivity (Wildman–Crippen MR) is 73.4 cm³/mol. The number of carboxylic acid groups (broad SMARTS) is 1. The molecule has 1 aromatic rings. The molecule has 2 N–H and O–H groups in total. The molecule has 0 aromatic carbocycles. The molecule has 1 saturated heterocycles. The van der Waals surface area contributed by atoms with Gasteiger partial charge in [0.05, 0.1) is 6.04 Å². The van der Waals surface area contributed by atoms with Crippen LogP contribution in [0.4, 0.5) is 4.79 Å². The molecule has 1 aromatic heterocycles. The molecule has 0 radical (unpaired) electrons. The average Bonchev–Trinajstić information content (AvgIpc) is 2.96. The van der Waals surface area contributed by atoms with E-state index in [1.54, 1.807) is 11.3 Å². The van der Waals surface area contributed by atoms with E-state index in [2.05, 4.69) is 5.32 Å². The Hall–Kier alpha value is -1.56. The van der Waals surface area contributed by atoms with Crippen LogP contribution in [0.2, 0.25) is 0 Å². The Kier molecular flexibility index (Phi) is 4.09. The van der Waals surface area contributed by atoms with E-state index in [0.29, 0.717) is 13.0 Å². The molecule has 1 aliphatic heterocycles. The summed E-state index contributed by atoms with van der Waals surface area (Å²) < 4.78 is 0. The predicted octanol–water partition coefficient (Wildman–Crippen LogP) is 2.38. The van der Waals surface area contributed by atoms with Crippen LogP contribution in [0, 0.1) is 6.92 Å². The van der Waals surface area contributed by atoms with Crippen LogP contribution in [0.3, 0.4) is 0 Å². The van der Waals surface area contributed by atoms with Gasteiger partial charge in [-0.1, -0.05) is 0 Å². The number of rotatable bonds is 3. The Labute approximate surface area is 116 Å². The SMILES string of the molecule is Cc1ccc(C(C)NC(=O)N2CCCC2C(=O)O)s1. The summed E-state index contributed by atoms with van der Waals surface area (Å²) in [5.41, 5.74) is 0. The number of nitrogens with zero attached hydrogens (tertiary/aromatic N) is 1. The second-order valence-electron chi connectivity index (χ2n) is 4.81. The molecule has 6 heteroatoms. The molecule has 0 spiro atoms. The summed E-state index contributed by atoms with van der Waals surface area (Å²) in [6, 6.07) is 2.93. The highest BCUT2D eigenvalue weighted by atomic mass is 32.1. The summed E-state index contributed by atoms with van der Waals surface area (Å²) in [5, 5.41) is 11.9. The summed E-state index contributed by atoms with van der Waals surface area (Å²) in [5.74, 6) is -0.924. The number of aliphatic carboxylic acids is 1. The van der Waals surface area contributed by atoms with Gasteiger partial charge in [-0.05, 0) is 38.8 Å². The monoisotopic (exact) mass is 282 g/mol. The molecule has 2 amide bonds. The van der Waals surface area contributed by atoms with Gasteiger partial charge in [0.1, 0.15) is 6.04 Å². The number of hydrogen-bond donors (Lipinski definition) is 2. The van der Waals surface area contributed by atoms with Crippen LogP contribution in [0.15, 0.2) is 12.1 Å². The van der Waals surface area contributed by atoms with Crippen LogP contribution in [-0.4, -0.2) is 34.6 Å². The minimum atomic E-state index is -0.924. The average molecular weight is 282 g/mol. The van der Waals surface area contributed by atoms with E-state index >= 15 is 0 Å². The molecule has 1 aliphatic rings. The fourth-order valence-electron chi connectivity index (χ4n) is 2.29. The number of hydrogen-bond acceptors (Lipinski definition) is 3. The van der Waals surface area contributed by atoms with E-state index < -0.39 is 12.0 Å². The zero-order chi connectivity index (χ0) is 14.0. The number of amides is 2. The van der Waals surface area contributed by atoms with E-state index in [-0.39, 0.29) is 12.1 Å². The number of likely N-dealkylation sites (tertiary alicyclic amines) is 1. The Morgan fingerprint density at radius 2 is 2.26 bits per heavy atom. The molecule has 19 heavy (non-hydrogen) atoms. The highest BCUT2D eigenvalue weighted by Crippen LogP contribution is 2.23. The van der Waals surface area contributed by atoms with Gasteiger partial charge in [-0.15, -0.1) is 11.3 Å². The zero-order valence-corrected chi connectivity index (χ0v) is 11.9. The lowest BCUT2D eigenvalue weighted by Crippen LogP contribution is -2.46. The number of urea groups is 1. The van der Waals surface area contributed by atoms with Crippen molar-refractivity contribution in [3.63, 3.8) is 0 Å². The fraction of sp³-hybridized carbons (Fsp3) is 0.538. The van der Waals surface area contributed by atoms with Crippen LogP contribution in [0.5, 0.6) is 0 Å². The van der Waals surface area contributed by atoms with Gasteiger partial charge in [0, 0.05) is 16.3 Å². The quantitative estimate of drug-likeness (QED) is 0.894. The maximum Gasteiger partial charge on any atom is 0.326 e. The molecule has 2 unspecified atom stereocenters. The summed E-state index contributed by atoms with van der Waals surface area (Å²) in [7, 11) is 0. The van der Waals surface area contributed by atoms with Crippen molar-refractivity contribution in [3.05, 3.63) is 21.9 Å². The van der Waals surface area contributed by atoms with Gasteiger partial charge in [0.15, 0.2) is 0 Å². The van der Waals surface area contributed by atoms with Gasteiger partial charge >= 0.3 is 12.0 Å². The van der Waals surface area contributed by atoms with Crippen molar-refractivity contribution in [1.29, 1.82) is 0 Å². The first-order chi connectivity index (χ1) is 8.99. The first kappa shape index (κ1) is 13.9. The van der Waals surface area contributed by atoms with E-state index in [1.165, 1.54) is 9.78 Å². The summed E-state index contributed by atoms with van der Waals surface area (Å²) in [6.45, 7) is 4.44. The molecule has 1 fully saturated rings. The summed E-state index contributed by atoms with van der Waals surface area (Å²) in [4.78, 5) is 26.9. The number of carboxylic acids is 1. The first-order valence-corrected chi connectivity index (χ1v) is 7.17. The van der Waals surface area contributed by atoms with Crippen molar-refractivity contribution >= 4 is 23.3 Å². The van der Waals surface area contributed by atoms with Crippen molar-refractivity contribution in [1.82, 2.24) is 10.2 Å². The number of aryl methyl sites for hydroxylation is 1. The third-order valence-electron chi connectivity index (χ3n) is 3.33. The molecule has 2 atom stereocenters. The first-order valence-electron chi connectivity index (χ1n) is 6.35. The molecule has 5 nitrogen and oxygen atoms in total. The molecule has 104 valence electrons. The van der Waals surface area contributed by atoms with Crippen molar-refractivity contribution in [2.75, 3.05) is 6.54 Å². The van der Waals surface area contributed by atoms with Crippen molar-refractivity contribution < 1.29 is 14.7 Å². The van der Waals surface area contributed by atoms with E-state index in [0.717, 1.165) is 11.3 Å². The number of carbonyl (C=O) groups excluding carboxylic acids is 1. The lowest BCUT2D eigenvalue weighted by Gasteiger charge is -2.24. The maximum absolute atomic E-state index is 12.1. The van der Waals surface area contributed by atoms with Gasteiger partial charge < -0.3 is 15.3 Å². The lowest BCUT2D eigenvalue weighted by atomic mass is 10.2. The Morgan fingerprint density at radius 3 is 2.84 bits per heavy atom. The Balaban J connectivity index is 1.99. The fourth-order valence-corrected chi connectivity index (χ4v) is 3.17. The van der Waals surface area contributed by atoms with Crippen molar-refractivity contribution in [2.45, 2.75) is 38.8 Å². The Bertz CT molecular complexity index is 486. The highest BCUT2D eigenvalue weighted by Gasteiger charge is 2.34. The van der Waals surface area contributed by atoms with Gasteiger partial charge in [0.2, 0.25) is 0 Å². The van der Waals surface area contributed by atoms with Gasteiger partial charge in [-0.3, -0.25) is 0 Å². The number of thiophene rings is 1. The lowest BCUT2D eigenvalue weighted by molar-refractivity contribution is -0.141.